The zero-order chi connectivity index (χ0) is 24.6. The van der Waals surface area contributed by atoms with E-state index in [4.69, 9.17) is 9.84 Å². The van der Waals surface area contributed by atoms with E-state index < -0.39 is 24.5 Å². The number of imidazole rings is 1. The molecule has 0 saturated heterocycles. The van der Waals surface area contributed by atoms with Crippen LogP contribution < -0.4 is 4.90 Å². The lowest BCUT2D eigenvalue weighted by atomic mass is 9.99. The summed E-state index contributed by atoms with van der Waals surface area (Å²) in [6.45, 7) is 4.86. The molecule has 10 heteroatoms. The Balaban J connectivity index is 1.87. The van der Waals surface area contributed by atoms with Gasteiger partial charge in [-0.15, -0.1) is 0 Å². The summed E-state index contributed by atoms with van der Waals surface area (Å²) >= 11 is 0. The predicted molar refractivity (Wildman–Crippen MR) is 121 cm³/mol. The Hall–Kier alpha value is -3.37. The summed E-state index contributed by atoms with van der Waals surface area (Å²) in [5, 5.41) is 23.4. The van der Waals surface area contributed by atoms with E-state index in [0.29, 0.717) is 28.5 Å². The summed E-state index contributed by atoms with van der Waals surface area (Å²) in [6.07, 6.45) is 1.41. The van der Waals surface area contributed by atoms with E-state index in [1.807, 2.05) is 13.0 Å². The van der Waals surface area contributed by atoms with Crippen LogP contribution >= 0.6 is 0 Å². The summed E-state index contributed by atoms with van der Waals surface area (Å²) < 4.78 is 48.5. The molecule has 2 aromatic heterocycles. The lowest BCUT2D eigenvalue weighted by Crippen LogP contribution is -2.36. The van der Waals surface area contributed by atoms with Crippen LogP contribution in [0.4, 0.5) is 19.0 Å². The van der Waals surface area contributed by atoms with E-state index in [1.165, 1.54) is 16.6 Å². The highest BCUT2D eigenvalue weighted by Crippen LogP contribution is 2.38. The third-order valence-corrected chi connectivity index (χ3v) is 5.81. The van der Waals surface area contributed by atoms with Crippen molar-refractivity contribution >= 4 is 11.5 Å². The molecule has 1 aliphatic heterocycles. The van der Waals surface area contributed by atoms with Crippen LogP contribution in [0.15, 0.2) is 54.6 Å². The number of hydrogen-bond acceptors (Lipinski definition) is 6. The lowest BCUT2D eigenvalue weighted by molar-refractivity contribution is -0.137. The van der Waals surface area contributed by atoms with Gasteiger partial charge in [0.15, 0.2) is 17.3 Å². The van der Waals surface area contributed by atoms with Gasteiger partial charge < -0.3 is 14.9 Å². The molecule has 0 fully saturated rings. The molecule has 34 heavy (non-hydrogen) atoms. The van der Waals surface area contributed by atoms with Gasteiger partial charge in [0.05, 0.1) is 30.1 Å². The van der Waals surface area contributed by atoms with Gasteiger partial charge in [0.1, 0.15) is 12.7 Å². The van der Waals surface area contributed by atoms with Crippen molar-refractivity contribution < 1.29 is 28.1 Å². The van der Waals surface area contributed by atoms with Crippen LogP contribution in [-0.4, -0.2) is 50.2 Å². The van der Waals surface area contributed by atoms with Gasteiger partial charge in [0.25, 0.3) is 0 Å². The molecule has 0 radical (unpaired) electrons. The van der Waals surface area contributed by atoms with Crippen LogP contribution in [0.2, 0.25) is 0 Å². The minimum atomic E-state index is -4.53. The first-order valence-corrected chi connectivity index (χ1v) is 10.7. The molecule has 7 nitrogen and oxygen atoms in total. The van der Waals surface area contributed by atoms with Crippen LogP contribution in [0, 0.1) is 13.8 Å². The number of aliphatic hydroxyl groups is 2. The van der Waals surface area contributed by atoms with Crippen molar-refractivity contribution in [3.8, 4) is 11.3 Å². The highest BCUT2D eigenvalue weighted by molar-refractivity contribution is 5.72. The topological polar surface area (TPSA) is 83.1 Å². The zero-order valence-electron chi connectivity index (χ0n) is 18.9. The Morgan fingerprint density at radius 1 is 1.18 bits per heavy atom. The number of aryl methyl sites for hydroxylation is 1. The Labute approximate surface area is 194 Å². The smallest absolute Gasteiger partial charge is 0.417 e. The normalized spacial score (nSPS) is 17.2. The lowest BCUT2D eigenvalue weighted by Gasteiger charge is -2.32. The van der Waals surface area contributed by atoms with E-state index >= 15 is 0 Å². The third kappa shape index (κ3) is 4.26. The molecular formula is C24H25F3N4O3. The molecule has 2 N–H and O–H groups in total. The van der Waals surface area contributed by atoms with Gasteiger partial charge in [-0.25, -0.2) is 4.98 Å². The Morgan fingerprint density at radius 3 is 2.62 bits per heavy atom. The molecule has 0 saturated carbocycles. The highest BCUT2D eigenvalue weighted by Gasteiger charge is 2.35. The third-order valence-electron chi connectivity index (χ3n) is 5.81. The number of aliphatic hydroxyl groups excluding tert-OH is 2. The standard InChI is InChI=1S/C24H25F3N4O3/c1-14-7-6-10-21(34-13-17(33)12-32)30(14)20-11-28-23-16(3)15(2)22(29-31(20)23)18-8-4-5-9-19(18)24(25,26)27/h4-11,14,17,32-33H,12-13H2,1-3H3. The number of hydrogen-bond donors (Lipinski definition) is 2. The number of benzene rings is 1. The van der Waals surface area contributed by atoms with Gasteiger partial charge in [-0.1, -0.05) is 30.4 Å². The van der Waals surface area contributed by atoms with Gasteiger partial charge in [0.2, 0.25) is 0 Å². The van der Waals surface area contributed by atoms with Crippen LogP contribution in [0.3, 0.4) is 0 Å². The SMILES string of the molecule is Cc1c(-c2ccccc2C(F)(F)F)nn2c(N3C(OCC(O)CO)=CC=CC3C)cnc2c1C. The Bertz CT molecular complexity index is 1270. The van der Waals surface area contributed by atoms with Crippen molar-refractivity contribution in [2.75, 3.05) is 18.1 Å². The summed E-state index contributed by atoms with van der Waals surface area (Å²) in [6, 6.07) is 5.17. The number of nitrogens with zero attached hydrogens (tertiary/aromatic N) is 4. The number of aromatic nitrogens is 3. The molecule has 4 rings (SSSR count). The maximum atomic E-state index is 13.7. The van der Waals surface area contributed by atoms with Crippen LogP contribution in [0.25, 0.3) is 16.9 Å². The minimum absolute atomic E-state index is 0.0122. The molecule has 3 aromatic rings. The van der Waals surface area contributed by atoms with E-state index in [-0.39, 0.29) is 23.9 Å². The fourth-order valence-electron chi connectivity index (χ4n) is 3.91. The average molecular weight is 474 g/mol. The Kier molecular flexibility index (Phi) is 6.37. The molecule has 1 aliphatic rings. The van der Waals surface area contributed by atoms with Gasteiger partial charge in [0, 0.05) is 5.56 Å². The monoisotopic (exact) mass is 474 g/mol. The van der Waals surface area contributed by atoms with Crippen molar-refractivity contribution in [1.29, 1.82) is 0 Å². The molecule has 3 heterocycles. The second-order valence-corrected chi connectivity index (χ2v) is 8.14. The molecule has 0 amide bonds. The fourth-order valence-corrected chi connectivity index (χ4v) is 3.91. The summed E-state index contributed by atoms with van der Waals surface area (Å²) in [7, 11) is 0. The minimum Gasteiger partial charge on any atom is -0.476 e. The highest BCUT2D eigenvalue weighted by atomic mass is 19.4. The number of rotatable bonds is 6. The molecule has 2 atom stereocenters. The van der Waals surface area contributed by atoms with Crippen LogP contribution in [-0.2, 0) is 10.9 Å². The maximum absolute atomic E-state index is 13.7. The molecule has 0 aliphatic carbocycles. The predicted octanol–water partition coefficient (Wildman–Crippen LogP) is 4.01. The summed E-state index contributed by atoms with van der Waals surface area (Å²) in [4.78, 5) is 6.26. The molecular weight excluding hydrogens is 449 g/mol. The van der Waals surface area contributed by atoms with Crippen molar-refractivity contribution in [2.24, 2.45) is 0 Å². The first-order valence-electron chi connectivity index (χ1n) is 10.7. The second kappa shape index (κ2) is 9.11. The van der Waals surface area contributed by atoms with Crippen molar-refractivity contribution in [3.63, 3.8) is 0 Å². The summed E-state index contributed by atoms with van der Waals surface area (Å²) in [5.74, 6) is 0.881. The fraction of sp³-hybridized carbons (Fsp3) is 0.333. The number of ether oxygens (including phenoxy) is 1. The van der Waals surface area contributed by atoms with Crippen molar-refractivity contribution in [1.82, 2.24) is 14.6 Å². The second-order valence-electron chi connectivity index (χ2n) is 8.14. The largest absolute Gasteiger partial charge is 0.476 e. The number of halogens is 3. The molecule has 180 valence electrons. The first kappa shape index (κ1) is 23.8. The molecule has 0 spiro atoms. The van der Waals surface area contributed by atoms with Crippen molar-refractivity contribution in [2.45, 2.75) is 39.1 Å². The van der Waals surface area contributed by atoms with Gasteiger partial charge in [-0.2, -0.15) is 22.8 Å². The van der Waals surface area contributed by atoms with E-state index in [2.05, 4.69) is 10.1 Å². The number of allylic oxidation sites excluding steroid dienone is 2. The maximum Gasteiger partial charge on any atom is 0.417 e. The van der Waals surface area contributed by atoms with Gasteiger partial charge in [-0.05, 0) is 44.0 Å². The first-order chi connectivity index (χ1) is 16.1. The van der Waals surface area contributed by atoms with E-state index in [9.17, 15) is 18.3 Å². The molecule has 1 aromatic carbocycles. The number of anilines is 1. The zero-order valence-corrected chi connectivity index (χ0v) is 18.9. The van der Waals surface area contributed by atoms with E-state index in [1.54, 1.807) is 43.2 Å². The average Bonchev–Trinajstić information content (AvgIpc) is 3.22. The quantitative estimate of drug-likeness (QED) is 0.562. The van der Waals surface area contributed by atoms with Crippen molar-refractivity contribution in [3.05, 3.63) is 71.3 Å². The van der Waals surface area contributed by atoms with E-state index in [0.717, 1.165) is 6.07 Å². The molecule has 0 bridgehead atoms. The Morgan fingerprint density at radius 2 is 1.91 bits per heavy atom. The number of fused-ring (bicyclic) bond motifs is 1. The summed E-state index contributed by atoms with van der Waals surface area (Å²) in [5.41, 5.74) is 1.25. The van der Waals surface area contributed by atoms with Gasteiger partial charge in [-0.3, -0.25) is 4.90 Å². The van der Waals surface area contributed by atoms with Crippen LogP contribution in [0.1, 0.15) is 23.6 Å². The van der Waals surface area contributed by atoms with Crippen LogP contribution in [0.5, 0.6) is 0 Å². The van der Waals surface area contributed by atoms with Gasteiger partial charge >= 0.3 is 6.18 Å². The number of alkyl halides is 3. The molecule has 2 unspecified atom stereocenters.